The first-order valence-corrected chi connectivity index (χ1v) is 10.2. The van der Waals surface area contributed by atoms with Crippen LogP contribution < -0.4 is 0 Å². The Balaban J connectivity index is -0.000000288. The van der Waals surface area contributed by atoms with E-state index in [1.54, 1.807) is 11.3 Å². The third-order valence-corrected chi connectivity index (χ3v) is 4.00. The Hall–Kier alpha value is -0.281. The van der Waals surface area contributed by atoms with Crippen LogP contribution in [0.4, 0.5) is 0 Å². The van der Waals surface area contributed by atoms with Crippen LogP contribution in [0.5, 0.6) is 0 Å². The van der Waals surface area contributed by atoms with Crippen LogP contribution in [-0.2, 0) is 0 Å². The van der Waals surface area contributed by atoms with Gasteiger partial charge in [-0.15, -0.1) is 11.3 Å². The summed E-state index contributed by atoms with van der Waals surface area (Å²) in [5.74, 6) is 0. The van der Waals surface area contributed by atoms with Crippen molar-refractivity contribution < 1.29 is 0 Å². The molecule has 0 unspecified atom stereocenters. The number of unbranched alkanes of at least 4 members (excludes halogenated alkanes) is 3. The van der Waals surface area contributed by atoms with E-state index in [2.05, 4.69) is 83.3 Å². The van der Waals surface area contributed by atoms with Crippen LogP contribution in [0.3, 0.4) is 0 Å². The van der Waals surface area contributed by atoms with Crippen LogP contribution in [0, 0.1) is 0 Å². The number of thiophene rings is 1. The molecule has 0 saturated carbocycles. The molecule has 1 aromatic heterocycles. The second-order valence-corrected chi connectivity index (χ2v) is 6.29. The largest absolute Gasteiger partial charge is 0.144 e. The van der Waals surface area contributed by atoms with Crippen molar-refractivity contribution in [1.29, 1.82) is 0 Å². The second kappa shape index (κ2) is 25.0. The summed E-state index contributed by atoms with van der Waals surface area (Å²) in [6, 6.07) is 14.6. The zero-order chi connectivity index (χ0) is 17.8. The van der Waals surface area contributed by atoms with Gasteiger partial charge < -0.3 is 0 Å². The first kappa shape index (κ1) is 28.5. The van der Waals surface area contributed by atoms with Crippen LogP contribution in [0.1, 0.15) is 80.1 Å². The number of benzene rings is 1. The maximum atomic E-state index is 2.18. The fourth-order valence-corrected chi connectivity index (χ4v) is 1.78. The molecule has 0 saturated heterocycles. The molecule has 0 fully saturated rings. The molecular weight excluding hydrogens is 415 g/mol. The molecule has 24 heavy (non-hydrogen) atoms. The summed E-state index contributed by atoms with van der Waals surface area (Å²) in [5, 5.41) is 2.10. The van der Waals surface area contributed by atoms with Crippen LogP contribution in [0.2, 0.25) is 0 Å². The van der Waals surface area contributed by atoms with E-state index in [1.807, 2.05) is 6.07 Å². The van der Waals surface area contributed by atoms with Crippen molar-refractivity contribution >= 4 is 35.2 Å². The van der Waals surface area contributed by atoms with Crippen molar-refractivity contribution in [3.63, 3.8) is 0 Å². The van der Waals surface area contributed by atoms with E-state index in [0.29, 0.717) is 0 Å². The van der Waals surface area contributed by atoms with Gasteiger partial charge in [0.1, 0.15) is 0 Å². The van der Waals surface area contributed by atoms with Gasteiger partial charge in [0.05, 0.1) is 0 Å². The molecule has 0 aliphatic heterocycles. The Bertz CT molecular complexity index is 380. The summed E-state index contributed by atoms with van der Waals surface area (Å²) in [7, 11) is 0. The summed E-state index contributed by atoms with van der Waals surface area (Å²) in [6.45, 7) is 13.1. The Kier molecular flexibility index (Phi) is 29.7. The van der Waals surface area contributed by atoms with E-state index in [-0.39, 0.29) is 23.9 Å². The molecule has 0 spiro atoms. The third kappa shape index (κ3) is 19.8. The van der Waals surface area contributed by atoms with Crippen molar-refractivity contribution in [2.45, 2.75) is 80.1 Å². The van der Waals surface area contributed by atoms with Crippen LogP contribution in [0.15, 0.2) is 47.8 Å². The van der Waals surface area contributed by atoms with Crippen molar-refractivity contribution in [3.8, 4) is 10.4 Å². The van der Waals surface area contributed by atoms with Crippen LogP contribution >= 0.6 is 11.3 Å². The van der Waals surface area contributed by atoms with Gasteiger partial charge in [-0.1, -0.05) is 116 Å². The molecule has 2 rings (SSSR count). The Morgan fingerprint density at radius 2 is 1.00 bits per heavy atom. The van der Waals surface area contributed by atoms with Gasteiger partial charge in [-0.2, -0.15) is 0 Å². The molecule has 0 atom stereocenters. The van der Waals surface area contributed by atoms with E-state index in [1.165, 1.54) is 49.0 Å². The maximum Gasteiger partial charge on any atom is 0.0342 e. The smallest absolute Gasteiger partial charge is 0.0342 e. The SMILES string of the molecule is CCCC.CCCC.CCCC.[Sn].c1ccc(-c2cccs2)cc1. The first-order valence-electron chi connectivity index (χ1n) is 9.30. The fourth-order valence-electron chi connectivity index (χ4n) is 1.05. The molecular formula is C22H38SSn. The number of rotatable bonds is 4. The maximum absolute atomic E-state index is 2.18. The van der Waals surface area contributed by atoms with Crippen molar-refractivity contribution in [2.75, 3.05) is 0 Å². The summed E-state index contributed by atoms with van der Waals surface area (Å²) in [6.07, 6.45) is 7.92. The summed E-state index contributed by atoms with van der Waals surface area (Å²) < 4.78 is 0. The molecule has 2 heteroatoms. The first-order chi connectivity index (χ1) is 11.2. The molecule has 0 aliphatic rings. The number of hydrogen-bond donors (Lipinski definition) is 0. The van der Waals surface area contributed by atoms with Gasteiger partial charge in [0, 0.05) is 28.8 Å². The fraction of sp³-hybridized carbons (Fsp3) is 0.545. The van der Waals surface area contributed by atoms with E-state index < -0.39 is 0 Å². The predicted octanol–water partition coefficient (Wildman–Crippen LogP) is 8.45. The molecule has 0 nitrogen and oxygen atoms in total. The van der Waals surface area contributed by atoms with Crippen LogP contribution in [0.25, 0.3) is 10.4 Å². The van der Waals surface area contributed by atoms with Gasteiger partial charge in [-0.3, -0.25) is 0 Å². The van der Waals surface area contributed by atoms with Gasteiger partial charge in [-0.05, 0) is 17.0 Å². The van der Waals surface area contributed by atoms with Crippen LogP contribution in [-0.4, -0.2) is 23.9 Å². The minimum Gasteiger partial charge on any atom is -0.144 e. The molecule has 4 radical (unpaired) electrons. The second-order valence-electron chi connectivity index (χ2n) is 5.34. The molecule has 0 amide bonds. The van der Waals surface area contributed by atoms with Gasteiger partial charge in [0.15, 0.2) is 0 Å². The molecule has 1 aromatic carbocycles. The monoisotopic (exact) mass is 454 g/mol. The Morgan fingerprint density at radius 1 is 0.583 bits per heavy atom. The zero-order valence-corrected chi connectivity index (χ0v) is 20.4. The number of hydrogen-bond acceptors (Lipinski definition) is 1. The standard InChI is InChI=1S/C10H8S.3C4H10.Sn/c1-2-5-9(6-3-1)10-7-4-8-11-10;3*1-3-4-2;/h1-8H;3*3-4H2,1-2H3;. The van der Waals surface area contributed by atoms with Crippen molar-refractivity contribution in [3.05, 3.63) is 47.8 Å². The zero-order valence-electron chi connectivity index (χ0n) is 16.8. The average Bonchev–Trinajstić information content (AvgIpc) is 3.18. The predicted molar refractivity (Wildman–Crippen MR) is 117 cm³/mol. The molecule has 136 valence electrons. The summed E-state index contributed by atoms with van der Waals surface area (Å²) >= 11 is 1.78. The van der Waals surface area contributed by atoms with E-state index in [4.69, 9.17) is 0 Å². The molecule has 0 N–H and O–H groups in total. The molecule has 2 aromatic rings. The van der Waals surface area contributed by atoms with Gasteiger partial charge in [0.25, 0.3) is 0 Å². The normalized spacial score (nSPS) is 8.25. The summed E-state index contributed by atoms with van der Waals surface area (Å²) in [5.41, 5.74) is 1.31. The Morgan fingerprint density at radius 3 is 1.29 bits per heavy atom. The average molecular weight is 453 g/mol. The minimum atomic E-state index is 0. The van der Waals surface area contributed by atoms with Gasteiger partial charge in [-0.25, -0.2) is 0 Å². The van der Waals surface area contributed by atoms with Crippen molar-refractivity contribution in [1.82, 2.24) is 0 Å². The third-order valence-electron chi connectivity index (χ3n) is 3.08. The van der Waals surface area contributed by atoms with Gasteiger partial charge in [0.2, 0.25) is 0 Å². The van der Waals surface area contributed by atoms with E-state index >= 15 is 0 Å². The van der Waals surface area contributed by atoms with Gasteiger partial charge >= 0.3 is 0 Å². The van der Waals surface area contributed by atoms with E-state index in [0.717, 1.165) is 0 Å². The quantitative estimate of drug-likeness (QED) is 0.408. The minimum absolute atomic E-state index is 0. The van der Waals surface area contributed by atoms with Crippen molar-refractivity contribution in [2.24, 2.45) is 0 Å². The summed E-state index contributed by atoms with van der Waals surface area (Å²) in [4.78, 5) is 1.34. The molecule has 1 heterocycles. The van der Waals surface area contributed by atoms with E-state index in [9.17, 15) is 0 Å². The molecule has 0 bridgehead atoms. The topological polar surface area (TPSA) is 0 Å². The molecule has 0 aliphatic carbocycles. The Labute approximate surface area is 173 Å².